The van der Waals surface area contributed by atoms with Gasteiger partial charge in [-0.25, -0.2) is 8.42 Å². The van der Waals surface area contributed by atoms with E-state index in [-0.39, 0.29) is 10.9 Å². The van der Waals surface area contributed by atoms with Crippen LogP contribution in [0.4, 0.5) is 5.69 Å². The molecule has 0 aliphatic heterocycles. The first-order valence-corrected chi connectivity index (χ1v) is 10.0. The Balaban J connectivity index is 2.61. The Morgan fingerprint density at radius 2 is 1.62 bits per heavy atom. The minimum atomic E-state index is -3.72. The van der Waals surface area contributed by atoms with Crippen molar-refractivity contribution in [2.24, 2.45) is 0 Å². The van der Waals surface area contributed by atoms with Crippen molar-refractivity contribution in [1.29, 1.82) is 0 Å². The molecule has 0 bridgehead atoms. The highest BCUT2D eigenvalue weighted by Crippen LogP contribution is 2.32. The van der Waals surface area contributed by atoms with Gasteiger partial charge in [-0.1, -0.05) is 42.6 Å². The third-order valence-electron chi connectivity index (χ3n) is 3.89. The van der Waals surface area contributed by atoms with Crippen molar-refractivity contribution in [3.8, 4) is 0 Å². The summed E-state index contributed by atoms with van der Waals surface area (Å²) in [6.45, 7) is 5.83. The van der Waals surface area contributed by atoms with Crippen LogP contribution in [0.2, 0.25) is 10.0 Å². The lowest BCUT2D eigenvalue weighted by molar-refractivity contribution is 0.569. The van der Waals surface area contributed by atoms with Gasteiger partial charge in [-0.3, -0.25) is 4.31 Å². The van der Waals surface area contributed by atoms with E-state index in [0.29, 0.717) is 15.7 Å². The fourth-order valence-electron chi connectivity index (χ4n) is 2.68. The molecule has 0 heterocycles. The Morgan fingerprint density at radius 1 is 1.04 bits per heavy atom. The SMILES string of the molecule is CCC[C@@H](C)N(c1cc(Cl)ccc1C)S(=O)(=O)c1ccc(Cl)cc1. The average molecular weight is 386 g/mol. The summed E-state index contributed by atoms with van der Waals surface area (Å²) >= 11 is 12.0. The first-order chi connectivity index (χ1) is 11.3. The van der Waals surface area contributed by atoms with Crippen LogP contribution in [0.3, 0.4) is 0 Å². The molecule has 0 radical (unpaired) electrons. The molecule has 6 heteroatoms. The van der Waals surface area contributed by atoms with Gasteiger partial charge in [0.05, 0.1) is 10.6 Å². The number of sulfonamides is 1. The molecule has 0 saturated heterocycles. The maximum atomic E-state index is 13.3. The van der Waals surface area contributed by atoms with Crippen LogP contribution >= 0.6 is 23.2 Å². The van der Waals surface area contributed by atoms with Crippen LogP contribution in [0.15, 0.2) is 47.4 Å². The van der Waals surface area contributed by atoms with Gasteiger partial charge in [0, 0.05) is 16.1 Å². The van der Waals surface area contributed by atoms with E-state index < -0.39 is 10.0 Å². The van der Waals surface area contributed by atoms with E-state index in [1.54, 1.807) is 24.3 Å². The van der Waals surface area contributed by atoms with E-state index in [1.165, 1.54) is 16.4 Å². The van der Waals surface area contributed by atoms with Crippen LogP contribution in [0.1, 0.15) is 32.3 Å². The van der Waals surface area contributed by atoms with Crippen LogP contribution < -0.4 is 4.31 Å². The highest BCUT2D eigenvalue weighted by molar-refractivity contribution is 7.92. The lowest BCUT2D eigenvalue weighted by Gasteiger charge is -2.32. The summed E-state index contributed by atoms with van der Waals surface area (Å²) in [5.74, 6) is 0. The fourth-order valence-corrected chi connectivity index (χ4v) is 4.71. The highest BCUT2D eigenvalue weighted by atomic mass is 35.5. The van der Waals surface area contributed by atoms with E-state index in [1.807, 2.05) is 26.8 Å². The summed E-state index contributed by atoms with van der Waals surface area (Å²) in [4.78, 5) is 0.217. The van der Waals surface area contributed by atoms with Crippen molar-refractivity contribution < 1.29 is 8.42 Å². The smallest absolute Gasteiger partial charge is 0.263 e. The molecule has 0 fully saturated rings. The molecule has 0 aliphatic rings. The minimum Gasteiger partial charge on any atom is -0.263 e. The zero-order valence-corrected chi connectivity index (χ0v) is 16.3. The van der Waals surface area contributed by atoms with E-state index in [0.717, 1.165) is 18.4 Å². The lowest BCUT2D eigenvalue weighted by Crippen LogP contribution is -2.39. The van der Waals surface area contributed by atoms with Crippen LogP contribution in [-0.2, 0) is 10.0 Å². The largest absolute Gasteiger partial charge is 0.264 e. The predicted octanol–water partition coefficient (Wildman–Crippen LogP) is 5.69. The molecule has 2 rings (SSSR count). The number of hydrogen-bond acceptors (Lipinski definition) is 2. The Morgan fingerprint density at radius 3 is 2.21 bits per heavy atom. The molecule has 0 aromatic heterocycles. The van der Waals surface area contributed by atoms with E-state index >= 15 is 0 Å². The lowest BCUT2D eigenvalue weighted by atomic mass is 10.1. The molecular formula is C18H21Cl2NO2S. The van der Waals surface area contributed by atoms with E-state index in [9.17, 15) is 8.42 Å². The van der Waals surface area contributed by atoms with Gasteiger partial charge in [-0.05, 0) is 62.2 Å². The molecule has 2 aromatic rings. The number of nitrogens with zero attached hydrogens (tertiary/aromatic N) is 1. The van der Waals surface area contributed by atoms with Gasteiger partial charge in [0.25, 0.3) is 10.0 Å². The average Bonchev–Trinajstić information content (AvgIpc) is 2.51. The second-order valence-corrected chi connectivity index (χ2v) is 8.51. The predicted molar refractivity (Wildman–Crippen MR) is 102 cm³/mol. The van der Waals surface area contributed by atoms with E-state index in [4.69, 9.17) is 23.2 Å². The molecule has 130 valence electrons. The molecule has 0 saturated carbocycles. The van der Waals surface area contributed by atoms with Crippen molar-refractivity contribution in [2.75, 3.05) is 4.31 Å². The van der Waals surface area contributed by atoms with Crippen molar-refractivity contribution in [2.45, 2.75) is 44.6 Å². The van der Waals surface area contributed by atoms with Crippen molar-refractivity contribution >= 4 is 38.9 Å². The zero-order valence-electron chi connectivity index (χ0n) is 14.0. The van der Waals surface area contributed by atoms with Crippen molar-refractivity contribution in [3.63, 3.8) is 0 Å². The Kier molecular flexibility index (Phi) is 6.18. The topological polar surface area (TPSA) is 37.4 Å². The first-order valence-electron chi connectivity index (χ1n) is 7.83. The van der Waals surface area contributed by atoms with Gasteiger partial charge >= 0.3 is 0 Å². The van der Waals surface area contributed by atoms with Gasteiger partial charge in [0.15, 0.2) is 0 Å². The first kappa shape index (κ1) is 19.1. The third kappa shape index (κ3) is 4.05. The molecule has 2 aromatic carbocycles. The summed E-state index contributed by atoms with van der Waals surface area (Å²) in [7, 11) is -3.72. The molecule has 0 spiro atoms. The van der Waals surface area contributed by atoms with Gasteiger partial charge in [0.1, 0.15) is 0 Å². The summed E-state index contributed by atoms with van der Waals surface area (Å²) in [5, 5.41) is 1.01. The zero-order chi connectivity index (χ0) is 17.9. The second-order valence-electron chi connectivity index (χ2n) is 5.82. The number of benzene rings is 2. The Labute approximate surface area is 154 Å². The van der Waals surface area contributed by atoms with Crippen LogP contribution in [-0.4, -0.2) is 14.5 Å². The molecular weight excluding hydrogens is 365 g/mol. The summed E-state index contributed by atoms with van der Waals surface area (Å²) in [6, 6.07) is 11.3. The molecule has 0 unspecified atom stereocenters. The maximum Gasteiger partial charge on any atom is 0.264 e. The summed E-state index contributed by atoms with van der Waals surface area (Å²) < 4.78 is 28.0. The van der Waals surface area contributed by atoms with E-state index in [2.05, 4.69) is 0 Å². The summed E-state index contributed by atoms with van der Waals surface area (Å²) in [6.07, 6.45) is 1.63. The fraction of sp³-hybridized carbons (Fsp3) is 0.333. The Bertz CT molecular complexity index is 804. The molecule has 0 aliphatic carbocycles. The Hall–Kier alpha value is -1.23. The molecule has 1 atom stereocenters. The number of hydrogen-bond donors (Lipinski definition) is 0. The monoisotopic (exact) mass is 385 g/mol. The van der Waals surface area contributed by atoms with Crippen molar-refractivity contribution in [1.82, 2.24) is 0 Å². The maximum absolute atomic E-state index is 13.3. The second kappa shape index (κ2) is 7.77. The quantitative estimate of drug-likeness (QED) is 0.640. The normalized spacial score (nSPS) is 12.9. The number of aryl methyl sites for hydroxylation is 1. The molecule has 24 heavy (non-hydrogen) atoms. The number of rotatable bonds is 6. The number of halogens is 2. The van der Waals surface area contributed by atoms with Crippen LogP contribution in [0.25, 0.3) is 0 Å². The minimum absolute atomic E-state index is 0.187. The van der Waals surface area contributed by atoms with Crippen molar-refractivity contribution in [3.05, 3.63) is 58.1 Å². The summed E-state index contributed by atoms with van der Waals surface area (Å²) in [5.41, 5.74) is 1.47. The molecule has 0 amide bonds. The highest BCUT2D eigenvalue weighted by Gasteiger charge is 2.30. The van der Waals surface area contributed by atoms with Gasteiger partial charge < -0.3 is 0 Å². The molecule has 3 nitrogen and oxygen atoms in total. The van der Waals surface area contributed by atoms with Crippen LogP contribution in [0, 0.1) is 6.92 Å². The van der Waals surface area contributed by atoms with Crippen LogP contribution in [0.5, 0.6) is 0 Å². The number of anilines is 1. The standard InChI is InChI=1S/C18H21Cl2NO2S/c1-4-5-14(3)21(18-12-16(20)7-6-13(18)2)24(22,23)17-10-8-15(19)9-11-17/h6-12,14H,4-5H2,1-3H3/t14-/m1/s1. The van der Waals surface area contributed by atoms with Gasteiger partial charge in [-0.2, -0.15) is 0 Å². The molecule has 0 N–H and O–H groups in total. The van der Waals surface area contributed by atoms with Gasteiger partial charge in [0.2, 0.25) is 0 Å². The third-order valence-corrected chi connectivity index (χ3v) is 6.32. The van der Waals surface area contributed by atoms with Gasteiger partial charge in [-0.15, -0.1) is 0 Å².